The first-order valence-corrected chi connectivity index (χ1v) is 8.40. The highest BCUT2D eigenvalue weighted by Crippen LogP contribution is 2.27. The van der Waals surface area contributed by atoms with E-state index >= 15 is 0 Å². The van der Waals surface area contributed by atoms with E-state index in [4.69, 9.17) is 4.42 Å². The lowest BCUT2D eigenvalue weighted by Crippen LogP contribution is -1.84. The number of aryl methyl sites for hydroxylation is 2. The van der Waals surface area contributed by atoms with Crippen LogP contribution in [0.2, 0.25) is 0 Å². The number of benzene rings is 3. The molecule has 0 atom stereocenters. The first-order chi connectivity index (χ1) is 12.6. The lowest BCUT2D eigenvalue weighted by Gasteiger charge is -2.01. The summed E-state index contributed by atoms with van der Waals surface area (Å²) in [6, 6.07) is 19.1. The molecule has 0 bridgehead atoms. The van der Waals surface area contributed by atoms with E-state index in [1.807, 2.05) is 68.4 Å². The standard InChI is InChI=1S/C22H18N2O2/c1-14-6-8-20(25)17(10-14)13-23-18-5-3-4-16(12-18)22-24-19-11-15(2)7-9-21(19)26-22/h3-13,25H,1-2H3. The second kappa shape index (κ2) is 6.48. The van der Waals surface area contributed by atoms with E-state index in [1.165, 1.54) is 0 Å². The van der Waals surface area contributed by atoms with Crippen LogP contribution in [0.3, 0.4) is 0 Å². The molecule has 1 heterocycles. The third-order valence-corrected chi connectivity index (χ3v) is 4.17. The van der Waals surface area contributed by atoms with E-state index in [1.54, 1.807) is 12.3 Å². The fourth-order valence-corrected chi connectivity index (χ4v) is 2.80. The van der Waals surface area contributed by atoms with Crippen LogP contribution in [0.25, 0.3) is 22.6 Å². The van der Waals surface area contributed by atoms with Crippen LogP contribution in [-0.4, -0.2) is 16.3 Å². The number of aromatic hydroxyl groups is 1. The van der Waals surface area contributed by atoms with E-state index in [0.29, 0.717) is 11.5 Å². The summed E-state index contributed by atoms with van der Waals surface area (Å²) < 4.78 is 5.86. The zero-order valence-electron chi connectivity index (χ0n) is 14.6. The minimum Gasteiger partial charge on any atom is -0.507 e. The van der Waals surface area contributed by atoms with Crippen molar-refractivity contribution in [1.82, 2.24) is 4.98 Å². The molecule has 0 saturated carbocycles. The molecular weight excluding hydrogens is 324 g/mol. The van der Waals surface area contributed by atoms with Crippen molar-refractivity contribution in [3.8, 4) is 17.2 Å². The molecule has 4 heteroatoms. The van der Waals surface area contributed by atoms with Gasteiger partial charge in [0.1, 0.15) is 11.3 Å². The van der Waals surface area contributed by atoms with Gasteiger partial charge in [0.15, 0.2) is 5.58 Å². The minimum atomic E-state index is 0.213. The summed E-state index contributed by atoms with van der Waals surface area (Å²) in [5, 5.41) is 9.93. The Bertz CT molecular complexity index is 1130. The Labute approximate surface area is 151 Å². The normalized spacial score (nSPS) is 11.5. The Morgan fingerprint density at radius 2 is 1.77 bits per heavy atom. The Morgan fingerprint density at radius 1 is 0.962 bits per heavy atom. The third kappa shape index (κ3) is 3.22. The maximum atomic E-state index is 9.93. The third-order valence-electron chi connectivity index (χ3n) is 4.17. The molecule has 1 aromatic heterocycles. The van der Waals surface area contributed by atoms with Crippen LogP contribution < -0.4 is 0 Å². The number of hydrogen-bond acceptors (Lipinski definition) is 4. The van der Waals surface area contributed by atoms with Gasteiger partial charge in [-0.15, -0.1) is 0 Å². The van der Waals surface area contributed by atoms with Crippen LogP contribution in [0.5, 0.6) is 5.75 Å². The van der Waals surface area contributed by atoms with Gasteiger partial charge < -0.3 is 9.52 Å². The fourth-order valence-electron chi connectivity index (χ4n) is 2.80. The Balaban J connectivity index is 1.67. The summed E-state index contributed by atoms with van der Waals surface area (Å²) in [4.78, 5) is 9.05. The SMILES string of the molecule is Cc1ccc(O)c(C=Nc2cccc(-c3nc4cc(C)ccc4o3)c2)c1. The lowest BCUT2D eigenvalue weighted by molar-refractivity contribution is 0.474. The molecule has 4 nitrogen and oxygen atoms in total. The largest absolute Gasteiger partial charge is 0.507 e. The predicted molar refractivity (Wildman–Crippen MR) is 104 cm³/mol. The lowest BCUT2D eigenvalue weighted by atomic mass is 10.1. The van der Waals surface area contributed by atoms with Gasteiger partial charge in [0, 0.05) is 17.3 Å². The highest BCUT2D eigenvalue weighted by molar-refractivity contribution is 5.86. The van der Waals surface area contributed by atoms with E-state index in [9.17, 15) is 5.11 Å². The molecule has 128 valence electrons. The number of aromatic nitrogens is 1. The summed E-state index contributed by atoms with van der Waals surface area (Å²) in [6.45, 7) is 4.01. The van der Waals surface area contributed by atoms with Gasteiger partial charge in [0.05, 0.1) is 5.69 Å². The smallest absolute Gasteiger partial charge is 0.227 e. The minimum absolute atomic E-state index is 0.213. The number of aliphatic imine (C=N–C) groups is 1. The topological polar surface area (TPSA) is 58.6 Å². The zero-order valence-corrected chi connectivity index (χ0v) is 14.6. The number of rotatable bonds is 3. The monoisotopic (exact) mass is 342 g/mol. The van der Waals surface area contributed by atoms with Crippen molar-refractivity contribution < 1.29 is 9.52 Å². The fraction of sp³-hybridized carbons (Fsp3) is 0.0909. The van der Waals surface area contributed by atoms with Crippen molar-refractivity contribution in [1.29, 1.82) is 0 Å². The molecule has 0 aliphatic carbocycles. The first-order valence-electron chi connectivity index (χ1n) is 8.40. The Kier molecular flexibility index (Phi) is 4.01. The van der Waals surface area contributed by atoms with Crippen LogP contribution >= 0.6 is 0 Å². The molecule has 0 fully saturated rings. The van der Waals surface area contributed by atoms with Crippen molar-refractivity contribution in [2.45, 2.75) is 13.8 Å². The van der Waals surface area contributed by atoms with Crippen molar-refractivity contribution in [2.75, 3.05) is 0 Å². The number of oxazole rings is 1. The molecule has 4 rings (SSSR count). The molecule has 26 heavy (non-hydrogen) atoms. The van der Waals surface area contributed by atoms with E-state index < -0.39 is 0 Å². The Hall–Kier alpha value is -3.40. The number of hydrogen-bond donors (Lipinski definition) is 1. The van der Waals surface area contributed by atoms with Gasteiger partial charge in [-0.3, -0.25) is 4.99 Å². The average molecular weight is 342 g/mol. The molecule has 0 aliphatic rings. The predicted octanol–water partition coefficient (Wildman–Crippen LogP) is 5.57. The van der Waals surface area contributed by atoms with Crippen molar-refractivity contribution >= 4 is 23.0 Å². The van der Waals surface area contributed by atoms with E-state index in [-0.39, 0.29) is 5.75 Å². The molecule has 0 unspecified atom stereocenters. The highest BCUT2D eigenvalue weighted by atomic mass is 16.3. The maximum Gasteiger partial charge on any atom is 0.227 e. The molecule has 1 N–H and O–H groups in total. The van der Waals surface area contributed by atoms with Gasteiger partial charge in [-0.1, -0.05) is 23.8 Å². The van der Waals surface area contributed by atoms with Crippen molar-refractivity contribution in [3.05, 3.63) is 77.4 Å². The second-order valence-electron chi connectivity index (χ2n) is 6.36. The molecule has 0 saturated heterocycles. The second-order valence-corrected chi connectivity index (χ2v) is 6.36. The highest BCUT2D eigenvalue weighted by Gasteiger charge is 2.08. The average Bonchev–Trinajstić information content (AvgIpc) is 3.06. The molecule has 4 aromatic rings. The number of phenolic OH excluding ortho intramolecular Hbond substituents is 1. The first kappa shape index (κ1) is 16.1. The summed E-state index contributed by atoms with van der Waals surface area (Å²) in [5.74, 6) is 0.783. The summed E-state index contributed by atoms with van der Waals surface area (Å²) >= 11 is 0. The van der Waals surface area contributed by atoms with Gasteiger partial charge >= 0.3 is 0 Å². The van der Waals surface area contributed by atoms with Crippen LogP contribution in [0.4, 0.5) is 5.69 Å². The summed E-state index contributed by atoms with van der Waals surface area (Å²) in [6.07, 6.45) is 1.66. The summed E-state index contributed by atoms with van der Waals surface area (Å²) in [5.41, 5.74) is 6.15. The summed E-state index contributed by atoms with van der Waals surface area (Å²) in [7, 11) is 0. The van der Waals surface area contributed by atoms with Crippen LogP contribution in [0.15, 0.2) is 70.1 Å². The van der Waals surface area contributed by atoms with E-state index in [0.717, 1.165) is 33.5 Å². The van der Waals surface area contributed by atoms with Crippen molar-refractivity contribution in [2.24, 2.45) is 4.99 Å². The quantitative estimate of drug-likeness (QED) is 0.495. The van der Waals surface area contributed by atoms with Crippen LogP contribution in [0.1, 0.15) is 16.7 Å². The number of phenols is 1. The van der Waals surface area contributed by atoms with Crippen LogP contribution in [0, 0.1) is 13.8 Å². The van der Waals surface area contributed by atoms with Gasteiger partial charge in [-0.05, 0) is 61.9 Å². The van der Waals surface area contributed by atoms with Gasteiger partial charge in [-0.25, -0.2) is 4.98 Å². The van der Waals surface area contributed by atoms with Gasteiger partial charge in [0.25, 0.3) is 0 Å². The number of fused-ring (bicyclic) bond motifs is 1. The van der Waals surface area contributed by atoms with Gasteiger partial charge in [0.2, 0.25) is 5.89 Å². The molecule has 0 radical (unpaired) electrons. The Morgan fingerprint density at radius 3 is 2.65 bits per heavy atom. The van der Waals surface area contributed by atoms with Gasteiger partial charge in [-0.2, -0.15) is 0 Å². The van der Waals surface area contributed by atoms with Crippen molar-refractivity contribution in [3.63, 3.8) is 0 Å². The molecule has 0 aliphatic heterocycles. The molecular formula is C22H18N2O2. The molecule has 3 aromatic carbocycles. The number of nitrogens with zero attached hydrogens (tertiary/aromatic N) is 2. The molecule has 0 spiro atoms. The maximum absolute atomic E-state index is 9.93. The molecule has 0 amide bonds. The zero-order chi connectivity index (χ0) is 18.1. The van der Waals surface area contributed by atoms with E-state index in [2.05, 4.69) is 9.98 Å². The van der Waals surface area contributed by atoms with Crippen LogP contribution in [-0.2, 0) is 0 Å².